The maximum absolute atomic E-state index is 12.9. The van der Waals surface area contributed by atoms with Crippen molar-refractivity contribution in [2.45, 2.75) is 17.1 Å². The van der Waals surface area contributed by atoms with E-state index in [0.717, 1.165) is 10.8 Å². The molecule has 4 aromatic carbocycles. The highest BCUT2D eigenvalue weighted by molar-refractivity contribution is 7.84. The summed E-state index contributed by atoms with van der Waals surface area (Å²) < 4.78 is 18.8. The second-order valence-electron chi connectivity index (χ2n) is 9.27. The minimum absolute atomic E-state index is 0.00206. The Bertz CT molecular complexity index is 1840. The summed E-state index contributed by atoms with van der Waals surface area (Å²) in [5.41, 5.74) is 1.43. The maximum Gasteiger partial charge on any atom is 0.337 e. The normalized spacial score (nSPS) is 11.5. The van der Waals surface area contributed by atoms with Gasteiger partial charge in [-0.05, 0) is 58.3 Å². The molecule has 10 nitrogen and oxygen atoms in total. The number of nitro benzene ring substituents is 1. The SMILES string of the molecule is O=C(Cc1ccc(Oc2ccc3cc(S(=O)Cc4cccc([N+](=O)[O-])c4)ccc3c2)nc1)Nc1ccccc1C(=O)O. The first-order chi connectivity index (χ1) is 20.2. The van der Waals surface area contributed by atoms with Crippen molar-refractivity contribution in [3.05, 3.63) is 130 Å². The summed E-state index contributed by atoms with van der Waals surface area (Å²) >= 11 is 0. The first-order valence-corrected chi connectivity index (χ1v) is 14.0. The van der Waals surface area contributed by atoms with Crippen molar-refractivity contribution < 1.29 is 28.6 Å². The van der Waals surface area contributed by atoms with Crippen LogP contribution in [0.2, 0.25) is 0 Å². The molecule has 1 atom stereocenters. The number of aromatic nitrogens is 1. The number of carbonyl (C=O) groups is 2. The summed E-state index contributed by atoms with van der Waals surface area (Å²) in [6.45, 7) is 0. The van der Waals surface area contributed by atoms with Crippen LogP contribution in [0, 0.1) is 10.1 Å². The van der Waals surface area contributed by atoms with Crippen molar-refractivity contribution in [1.29, 1.82) is 0 Å². The van der Waals surface area contributed by atoms with Gasteiger partial charge in [-0.1, -0.05) is 42.5 Å². The van der Waals surface area contributed by atoms with Crippen molar-refractivity contribution in [3.63, 3.8) is 0 Å². The highest BCUT2D eigenvalue weighted by Crippen LogP contribution is 2.27. The molecule has 5 rings (SSSR count). The van der Waals surface area contributed by atoms with Crippen LogP contribution in [0.5, 0.6) is 11.6 Å². The molecule has 0 fully saturated rings. The van der Waals surface area contributed by atoms with Crippen molar-refractivity contribution >= 4 is 44.8 Å². The van der Waals surface area contributed by atoms with Crippen LogP contribution in [0.15, 0.2) is 108 Å². The number of carboxylic acids is 1. The second-order valence-corrected chi connectivity index (χ2v) is 10.7. The number of carboxylic acid groups (broad SMARTS) is 1. The average molecular weight is 582 g/mol. The Balaban J connectivity index is 1.21. The highest BCUT2D eigenvalue weighted by atomic mass is 32.2. The lowest BCUT2D eigenvalue weighted by molar-refractivity contribution is -0.384. The number of pyridine rings is 1. The lowest BCUT2D eigenvalue weighted by Crippen LogP contribution is -2.16. The van der Waals surface area contributed by atoms with Gasteiger partial charge in [0.2, 0.25) is 11.8 Å². The third-order valence-electron chi connectivity index (χ3n) is 6.28. The number of benzene rings is 4. The number of ether oxygens (including phenoxy) is 1. The molecule has 0 saturated carbocycles. The zero-order valence-electron chi connectivity index (χ0n) is 21.9. The molecule has 0 radical (unpaired) electrons. The van der Waals surface area contributed by atoms with Gasteiger partial charge in [-0.25, -0.2) is 9.78 Å². The number of anilines is 1. The summed E-state index contributed by atoms with van der Waals surface area (Å²) in [7, 11) is -1.39. The van der Waals surface area contributed by atoms with E-state index in [1.54, 1.807) is 48.5 Å². The molecule has 0 bridgehead atoms. The topological polar surface area (TPSA) is 149 Å². The van der Waals surface area contributed by atoms with Crippen LogP contribution in [-0.4, -0.2) is 31.1 Å². The number of fused-ring (bicyclic) bond motifs is 1. The third kappa shape index (κ3) is 6.83. The molecule has 0 spiro atoms. The molecule has 0 aliphatic heterocycles. The number of nitrogens with zero attached hydrogens (tertiary/aromatic N) is 2. The highest BCUT2D eigenvalue weighted by Gasteiger charge is 2.13. The van der Waals surface area contributed by atoms with Crippen molar-refractivity contribution in [1.82, 2.24) is 4.98 Å². The fraction of sp³-hybridized carbons (Fsp3) is 0.0645. The molecule has 5 aromatic rings. The first-order valence-electron chi connectivity index (χ1n) is 12.7. The predicted octanol–water partition coefficient (Wildman–Crippen LogP) is 6.12. The second kappa shape index (κ2) is 12.4. The Morgan fingerprint density at radius 1 is 0.905 bits per heavy atom. The van der Waals surface area contributed by atoms with Gasteiger partial charge >= 0.3 is 5.97 Å². The Kier molecular flexibility index (Phi) is 8.30. The molecule has 1 unspecified atom stereocenters. The molecule has 0 aliphatic rings. The smallest absolute Gasteiger partial charge is 0.337 e. The minimum atomic E-state index is -1.39. The van der Waals surface area contributed by atoms with Crippen LogP contribution in [0.25, 0.3) is 10.8 Å². The van der Waals surface area contributed by atoms with Gasteiger partial charge in [0.15, 0.2) is 0 Å². The van der Waals surface area contributed by atoms with Crippen LogP contribution >= 0.6 is 0 Å². The number of nitro groups is 1. The number of hydrogen-bond acceptors (Lipinski definition) is 7. The van der Waals surface area contributed by atoms with Gasteiger partial charge in [-0.15, -0.1) is 0 Å². The fourth-order valence-electron chi connectivity index (χ4n) is 4.26. The van der Waals surface area contributed by atoms with Crippen LogP contribution in [0.4, 0.5) is 11.4 Å². The van der Waals surface area contributed by atoms with E-state index in [4.69, 9.17) is 4.74 Å². The van der Waals surface area contributed by atoms with Gasteiger partial charge in [-0.3, -0.25) is 19.1 Å². The van der Waals surface area contributed by atoms with E-state index >= 15 is 0 Å². The summed E-state index contributed by atoms with van der Waals surface area (Å²) in [5.74, 6) is -0.483. The van der Waals surface area contributed by atoms with Crippen LogP contribution in [-0.2, 0) is 27.8 Å². The number of amides is 1. The number of para-hydroxylation sites is 1. The fourth-order valence-corrected chi connectivity index (χ4v) is 5.38. The number of nitrogens with one attached hydrogen (secondary N) is 1. The Morgan fingerprint density at radius 3 is 2.45 bits per heavy atom. The summed E-state index contributed by atoms with van der Waals surface area (Å²) in [5, 5.41) is 24.6. The van der Waals surface area contributed by atoms with E-state index in [2.05, 4.69) is 10.3 Å². The van der Waals surface area contributed by atoms with Crippen molar-refractivity contribution in [2.75, 3.05) is 5.32 Å². The maximum atomic E-state index is 12.9. The van der Waals surface area contributed by atoms with E-state index in [-0.39, 0.29) is 35.0 Å². The molecule has 1 amide bonds. The quantitative estimate of drug-likeness (QED) is 0.148. The van der Waals surface area contributed by atoms with Crippen molar-refractivity contribution in [2.24, 2.45) is 0 Å². The number of hydrogen-bond donors (Lipinski definition) is 2. The molecule has 42 heavy (non-hydrogen) atoms. The predicted molar refractivity (Wildman–Crippen MR) is 157 cm³/mol. The van der Waals surface area contributed by atoms with Crippen LogP contribution < -0.4 is 10.1 Å². The molecular weight excluding hydrogens is 558 g/mol. The molecular formula is C31H23N3O7S. The third-order valence-corrected chi connectivity index (χ3v) is 7.66. The Morgan fingerprint density at radius 2 is 1.69 bits per heavy atom. The monoisotopic (exact) mass is 581 g/mol. The van der Waals surface area contributed by atoms with Gasteiger partial charge in [0.25, 0.3) is 5.69 Å². The summed E-state index contributed by atoms with van der Waals surface area (Å²) in [6.07, 6.45) is 1.52. The van der Waals surface area contributed by atoms with E-state index in [9.17, 15) is 29.0 Å². The molecule has 0 aliphatic carbocycles. The molecule has 11 heteroatoms. The number of rotatable bonds is 10. The molecule has 2 N–H and O–H groups in total. The number of carbonyl (C=O) groups excluding carboxylic acids is 1. The number of non-ortho nitro benzene ring substituents is 1. The largest absolute Gasteiger partial charge is 0.478 e. The standard InChI is InChI=1S/C31H23N3O7S/c35-29(33-28-7-2-1-6-27(28)31(36)37)15-20-8-13-30(32-18-20)41-25-11-9-23-17-26(12-10-22(23)16-25)42(40)19-21-4-3-5-24(14-21)34(38)39/h1-14,16-18H,15,19H2,(H,33,35)(H,36,37). The van der Waals surface area contributed by atoms with Gasteiger partial charge < -0.3 is 15.2 Å². The average Bonchev–Trinajstić information content (AvgIpc) is 2.98. The molecule has 0 saturated heterocycles. The lowest BCUT2D eigenvalue weighted by atomic mass is 10.1. The zero-order chi connectivity index (χ0) is 29.6. The summed E-state index contributed by atoms with van der Waals surface area (Å²) in [6, 6.07) is 26.5. The van der Waals surface area contributed by atoms with E-state index in [1.165, 1.54) is 30.5 Å². The Labute approximate surface area is 242 Å². The van der Waals surface area contributed by atoms with E-state index < -0.39 is 21.7 Å². The van der Waals surface area contributed by atoms with Crippen LogP contribution in [0.1, 0.15) is 21.5 Å². The summed E-state index contributed by atoms with van der Waals surface area (Å²) in [4.78, 5) is 39.2. The van der Waals surface area contributed by atoms with Gasteiger partial charge in [0, 0.05) is 29.3 Å². The zero-order valence-corrected chi connectivity index (χ0v) is 22.7. The van der Waals surface area contributed by atoms with Crippen LogP contribution in [0.3, 0.4) is 0 Å². The lowest BCUT2D eigenvalue weighted by Gasteiger charge is -2.09. The van der Waals surface area contributed by atoms with E-state index in [0.29, 0.717) is 27.7 Å². The number of aromatic carboxylic acids is 1. The van der Waals surface area contributed by atoms with Gasteiger partial charge in [0.1, 0.15) is 5.75 Å². The molecule has 1 heterocycles. The van der Waals surface area contributed by atoms with Gasteiger partial charge in [0.05, 0.1) is 39.1 Å². The van der Waals surface area contributed by atoms with Crippen molar-refractivity contribution in [3.8, 4) is 11.6 Å². The molecule has 1 aromatic heterocycles. The van der Waals surface area contributed by atoms with E-state index in [1.807, 2.05) is 24.3 Å². The Hall–Kier alpha value is -5.42. The first kappa shape index (κ1) is 28.1. The van der Waals surface area contributed by atoms with Gasteiger partial charge in [-0.2, -0.15) is 0 Å². The minimum Gasteiger partial charge on any atom is -0.478 e. The molecule has 210 valence electrons.